The highest BCUT2D eigenvalue weighted by Crippen LogP contribution is 2.21. The van der Waals surface area contributed by atoms with Crippen LogP contribution in [-0.2, 0) is 0 Å². The van der Waals surface area contributed by atoms with E-state index in [1.54, 1.807) is 0 Å². The minimum atomic E-state index is 0.170. The number of thioether (sulfide) groups is 1. The molecule has 1 aromatic heterocycles. The van der Waals surface area contributed by atoms with Gasteiger partial charge in [-0.25, -0.2) is 4.98 Å². The first kappa shape index (κ1) is 16.1. The summed E-state index contributed by atoms with van der Waals surface area (Å²) < 4.78 is 5.88. The number of hydrogen-bond acceptors (Lipinski definition) is 5. The fourth-order valence-electron chi connectivity index (χ4n) is 1.82. The number of ether oxygens (including phenoxy) is 1. The van der Waals surface area contributed by atoms with Crippen molar-refractivity contribution in [3.8, 4) is 5.88 Å². The van der Waals surface area contributed by atoms with Crippen molar-refractivity contribution in [1.29, 1.82) is 0 Å². The molecule has 19 heavy (non-hydrogen) atoms. The fraction of sp³-hybridized carbons (Fsp3) is 0.714. The molecule has 0 aliphatic rings. The Kier molecular flexibility index (Phi) is 6.99. The monoisotopic (exact) mass is 283 g/mol. The lowest BCUT2D eigenvalue weighted by Crippen LogP contribution is -2.16. The predicted octanol–water partition coefficient (Wildman–Crippen LogP) is 3.83. The van der Waals surface area contributed by atoms with Crippen LogP contribution in [0.1, 0.15) is 40.5 Å². The molecular weight excluding hydrogens is 258 g/mol. The maximum atomic E-state index is 5.88. The summed E-state index contributed by atoms with van der Waals surface area (Å²) in [6.45, 7) is 9.51. The molecule has 0 aromatic carbocycles. The summed E-state index contributed by atoms with van der Waals surface area (Å²) in [7, 11) is 0. The van der Waals surface area contributed by atoms with Gasteiger partial charge in [0.1, 0.15) is 5.82 Å². The van der Waals surface area contributed by atoms with Crippen molar-refractivity contribution in [3.05, 3.63) is 6.07 Å². The Balaban J connectivity index is 2.75. The van der Waals surface area contributed by atoms with Gasteiger partial charge < -0.3 is 10.1 Å². The minimum absolute atomic E-state index is 0.170. The molecule has 0 fully saturated rings. The molecule has 1 heterocycles. The van der Waals surface area contributed by atoms with Crippen molar-refractivity contribution < 1.29 is 4.74 Å². The number of hydrogen-bond donors (Lipinski definition) is 1. The first-order valence-electron chi connectivity index (χ1n) is 6.88. The normalized spacial score (nSPS) is 12.5. The largest absolute Gasteiger partial charge is 0.474 e. The van der Waals surface area contributed by atoms with E-state index < -0.39 is 0 Å². The summed E-state index contributed by atoms with van der Waals surface area (Å²) >= 11 is 1.53. The summed E-state index contributed by atoms with van der Waals surface area (Å²) in [6, 6.07) is 1.88. The summed E-state index contributed by atoms with van der Waals surface area (Å²) in [5.74, 6) is 2.12. The van der Waals surface area contributed by atoms with E-state index in [0.717, 1.165) is 30.4 Å². The van der Waals surface area contributed by atoms with E-state index in [4.69, 9.17) is 4.74 Å². The van der Waals surface area contributed by atoms with E-state index in [2.05, 4.69) is 43.0 Å². The Morgan fingerprint density at radius 1 is 1.32 bits per heavy atom. The van der Waals surface area contributed by atoms with Gasteiger partial charge in [-0.1, -0.05) is 32.5 Å². The molecule has 0 bridgehead atoms. The third-order valence-electron chi connectivity index (χ3n) is 2.55. The van der Waals surface area contributed by atoms with Gasteiger partial charge in [-0.2, -0.15) is 4.98 Å². The van der Waals surface area contributed by atoms with Gasteiger partial charge in [0.25, 0.3) is 0 Å². The lowest BCUT2D eigenvalue weighted by atomic mass is 10.1. The molecule has 5 heteroatoms. The molecular formula is C14H25N3OS. The summed E-state index contributed by atoms with van der Waals surface area (Å²) in [4.78, 5) is 8.82. The minimum Gasteiger partial charge on any atom is -0.474 e. The number of aromatic nitrogens is 2. The van der Waals surface area contributed by atoms with Crippen molar-refractivity contribution in [2.45, 2.75) is 51.8 Å². The number of nitrogens with one attached hydrogen (secondary N) is 1. The van der Waals surface area contributed by atoms with Crippen molar-refractivity contribution in [2.24, 2.45) is 5.92 Å². The molecule has 1 N–H and O–H groups in total. The maximum absolute atomic E-state index is 5.88. The van der Waals surface area contributed by atoms with Crippen LogP contribution in [0.5, 0.6) is 5.88 Å². The van der Waals surface area contributed by atoms with Crippen LogP contribution in [0.2, 0.25) is 0 Å². The van der Waals surface area contributed by atoms with Gasteiger partial charge in [-0.05, 0) is 31.9 Å². The SMILES string of the molecule is CCCNc1cc(OC(C)CC(C)C)nc(SC)n1. The first-order valence-corrected chi connectivity index (χ1v) is 8.11. The van der Waals surface area contributed by atoms with Gasteiger partial charge in [0, 0.05) is 12.6 Å². The molecule has 1 aromatic rings. The Labute approximate surface area is 120 Å². The molecule has 0 aliphatic heterocycles. The Hall–Kier alpha value is -0.970. The highest BCUT2D eigenvalue weighted by atomic mass is 32.2. The van der Waals surface area contributed by atoms with Crippen molar-refractivity contribution >= 4 is 17.6 Å². The van der Waals surface area contributed by atoms with Crippen LogP contribution in [0.25, 0.3) is 0 Å². The van der Waals surface area contributed by atoms with Gasteiger partial charge >= 0.3 is 0 Å². The van der Waals surface area contributed by atoms with Crippen LogP contribution < -0.4 is 10.1 Å². The molecule has 1 atom stereocenters. The molecule has 0 amide bonds. The molecule has 1 rings (SSSR count). The van der Waals surface area contributed by atoms with Crippen molar-refractivity contribution in [2.75, 3.05) is 18.1 Å². The lowest BCUT2D eigenvalue weighted by molar-refractivity contribution is 0.184. The zero-order valence-corrected chi connectivity index (χ0v) is 13.4. The van der Waals surface area contributed by atoms with Gasteiger partial charge in [0.15, 0.2) is 5.16 Å². The second-order valence-electron chi connectivity index (χ2n) is 5.06. The predicted molar refractivity (Wildman–Crippen MR) is 82.1 cm³/mol. The van der Waals surface area contributed by atoms with E-state index in [1.807, 2.05) is 12.3 Å². The first-order chi connectivity index (χ1) is 9.05. The van der Waals surface area contributed by atoms with E-state index in [1.165, 1.54) is 11.8 Å². The molecule has 0 saturated heterocycles. The van der Waals surface area contributed by atoms with Crippen LogP contribution in [0.4, 0.5) is 5.82 Å². The molecule has 0 radical (unpaired) electrons. The van der Waals surface area contributed by atoms with Crippen molar-refractivity contribution in [1.82, 2.24) is 9.97 Å². The number of anilines is 1. The van der Waals surface area contributed by atoms with Crippen LogP contribution in [0.15, 0.2) is 11.2 Å². The van der Waals surface area contributed by atoms with E-state index in [9.17, 15) is 0 Å². The highest BCUT2D eigenvalue weighted by Gasteiger charge is 2.10. The topological polar surface area (TPSA) is 47.0 Å². The molecule has 0 spiro atoms. The summed E-state index contributed by atoms with van der Waals surface area (Å²) in [5.41, 5.74) is 0. The Morgan fingerprint density at radius 3 is 2.63 bits per heavy atom. The molecule has 108 valence electrons. The zero-order chi connectivity index (χ0) is 14.3. The average molecular weight is 283 g/mol. The molecule has 4 nitrogen and oxygen atoms in total. The van der Waals surface area contributed by atoms with E-state index in [-0.39, 0.29) is 6.10 Å². The summed E-state index contributed by atoms with van der Waals surface area (Å²) in [5, 5.41) is 4.02. The Morgan fingerprint density at radius 2 is 2.05 bits per heavy atom. The third-order valence-corrected chi connectivity index (χ3v) is 3.09. The standard InChI is InChI=1S/C14H25N3OS/c1-6-7-15-12-9-13(17-14(16-12)19-5)18-11(4)8-10(2)3/h9-11H,6-8H2,1-5H3,(H,15,16,17). The van der Waals surface area contributed by atoms with Crippen molar-refractivity contribution in [3.63, 3.8) is 0 Å². The lowest BCUT2D eigenvalue weighted by Gasteiger charge is -2.16. The smallest absolute Gasteiger partial charge is 0.219 e. The van der Waals surface area contributed by atoms with E-state index >= 15 is 0 Å². The van der Waals surface area contributed by atoms with E-state index in [0.29, 0.717) is 11.8 Å². The van der Waals surface area contributed by atoms with Gasteiger partial charge in [0.2, 0.25) is 5.88 Å². The average Bonchev–Trinajstić information content (AvgIpc) is 2.34. The molecule has 0 aliphatic carbocycles. The van der Waals surface area contributed by atoms with Crippen LogP contribution in [-0.4, -0.2) is 28.9 Å². The second kappa shape index (κ2) is 8.25. The molecule has 1 unspecified atom stereocenters. The summed E-state index contributed by atoms with van der Waals surface area (Å²) in [6.07, 6.45) is 4.23. The van der Waals surface area contributed by atoms with Gasteiger partial charge in [0.05, 0.1) is 6.10 Å². The number of rotatable bonds is 8. The zero-order valence-electron chi connectivity index (χ0n) is 12.6. The van der Waals surface area contributed by atoms with Gasteiger partial charge in [-0.15, -0.1) is 0 Å². The second-order valence-corrected chi connectivity index (χ2v) is 5.84. The highest BCUT2D eigenvalue weighted by molar-refractivity contribution is 7.98. The van der Waals surface area contributed by atoms with Crippen LogP contribution >= 0.6 is 11.8 Å². The quantitative estimate of drug-likeness (QED) is 0.580. The number of nitrogens with zero attached hydrogens (tertiary/aromatic N) is 2. The fourth-order valence-corrected chi connectivity index (χ4v) is 2.19. The van der Waals surface area contributed by atoms with Gasteiger partial charge in [-0.3, -0.25) is 0 Å². The third kappa shape index (κ3) is 6.14. The van der Waals surface area contributed by atoms with Crippen LogP contribution in [0.3, 0.4) is 0 Å². The van der Waals surface area contributed by atoms with Crippen LogP contribution in [0, 0.1) is 5.92 Å². The Bertz CT molecular complexity index is 385. The molecule has 0 saturated carbocycles. The maximum Gasteiger partial charge on any atom is 0.219 e.